The van der Waals surface area contributed by atoms with Crippen molar-refractivity contribution in [1.82, 2.24) is 4.90 Å². The van der Waals surface area contributed by atoms with Crippen LogP contribution in [0.1, 0.15) is 5.56 Å². The molecule has 0 spiro atoms. The van der Waals surface area contributed by atoms with Gasteiger partial charge < -0.3 is 24.4 Å². The molecule has 3 aromatic carbocycles. The lowest BCUT2D eigenvalue weighted by Crippen LogP contribution is -2.36. The maximum Gasteiger partial charge on any atom is 0.127 e. The molecule has 0 bridgehead atoms. The normalized spacial score (nSPS) is 17.0. The standard InChI is InChI=1S/C28H35N3O3S/c1-2-7-26-25(6-1)27(8-9-28(26)34-17-10-30-13-18-35-19-14-30)29-22-33-21-23-4-3-5-24(20-23)31-11-15-32-16-12-31/h1-9,20,29H,10-19,21-22H2. The van der Waals surface area contributed by atoms with E-state index in [-0.39, 0.29) is 0 Å². The number of thioether (sulfide) groups is 1. The Hall–Kier alpha value is -2.45. The molecule has 1 N–H and O–H groups in total. The number of hydrogen-bond donors (Lipinski definition) is 1. The molecule has 6 nitrogen and oxygen atoms in total. The second kappa shape index (κ2) is 12.5. The molecule has 7 heteroatoms. The molecule has 35 heavy (non-hydrogen) atoms. The fourth-order valence-electron chi connectivity index (χ4n) is 4.62. The number of fused-ring (bicyclic) bond motifs is 1. The maximum atomic E-state index is 6.20. The first-order valence-corrected chi connectivity index (χ1v) is 13.7. The Morgan fingerprint density at radius 3 is 2.57 bits per heavy atom. The quantitative estimate of drug-likeness (QED) is 0.325. The molecular formula is C28H35N3O3S. The minimum absolute atomic E-state index is 0.443. The molecule has 5 rings (SSSR count). The van der Waals surface area contributed by atoms with E-state index in [0.717, 1.165) is 68.1 Å². The van der Waals surface area contributed by atoms with Crippen molar-refractivity contribution in [3.05, 3.63) is 66.2 Å². The Labute approximate surface area is 212 Å². The Bertz CT molecular complexity index is 1080. The van der Waals surface area contributed by atoms with Crippen LogP contribution >= 0.6 is 11.8 Å². The number of hydrogen-bond acceptors (Lipinski definition) is 7. The molecule has 2 aliphatic heterocycles. The second-order valence-electron chi connectivity index (χ2n) is 8.90. The number of benzene rings is 3. The molecule has 0 radical (unpaired) electrons. The Kier molecular flexibility index (Phi) is 8.66. The summed E-state index contributed by atoms with van der Waals surface area (Å²) in [6, 6.07) is 21.2. The molecule has 0 atom stereocenters. The Morgan fingerprint density at radius 2 is 1.71 bits per heavy atom. The smallest absolute Gasteiger partial charge is 0.127 e. The molecule has 0 aliphatic carbocycles. The summed E-state index contributed by atoms with van der Waals surface area (Å²) in [5, 5.41) is 5.74. The molecule has 0 unspecified atom stereocenters. The summed E-state index contributed by atoms with van der Waals surface area (Å²) >= 11 is 2.04. The molecule has 0 amide bonds. The minimum atomic E-state index is 0.443. The van der Waals surface area contributed by atoms with Crippen LogP contribution in [0.25, 0.3) is 10.8 Å². The summed E-state index contributed by atoms with van der Waals surface area (Å²) in [5.41, 5.74) is 3.47. The third-order valence-corrected chi connectivity index (χ3v) is 7.52. The molecular weight excluding hydrogens is 458 g/mol. The van der Waals surface area contributed by atoms with Gasteiger partial charge in [-0.15, -0.1) is 0 Å². The van der Waals surface area contributed by atoms with Gasteiger partial charge in [-0.05, 0) is 29.8 Å². The first-order valence-electron chi connectivity index (χ1n) is 12.5. The first-order chi connectivity index (χ1) is 17.4. The molecule has 2 fully saturated rings. The number of anilines is 2. The zero-order valence-electron chi connectivity index (χ0n) is 20.3. The summed E-state index contributed by atoms with van der Waals surface area (Å²) in [5.74, 6) is 3.40. The van der Waals surface area contributed by atoms with E-state index in [1.165, 1.54) is 22.8 Å². The van der Waals surface area contributed by atoms with Gasteiger partial charge in [0.05, 0.1) is 19.8 Å². The Morgan fingerprint density at radius 1 is 0.886 bits per heavy atom. The molecule has 3 aromatic rings. The number of rotatable bonds is 10. The summed E-state index contributed by atoms with van der Waals surface area (Å²) in [7, 11) is 0. The highest BCUT2D eigenvalue weighted by Gasteiger charge is 2.13. The highest BCUT2D eigenvalue weighted by molar-refractivity contribution is 7.99. The average Bonchev–Trinajstić information content (AvgIpc) is 2.93. The van der Waals surface area contributed by atoms with Crippen molar-refractivity contribution in [2.45, 2.75) is 6.61 Å². The van der Waals surface area contributed by atoms with E-state index in [4.69, 9.17) is 14.2 Å². The lowest BCUT2D eigenvalue weighted by Gasteiger charge is -2.29. The van der Waals surface area contributed by atoms with Crippen LogP contribution in [0.2, 0.25) is 0 Å². The summed E-state index contributed by atoms with van der Waals surface area (Å²) in [6.45, 7) is 8.50. The van der Waals surface area contributed by atoms with Gasteiger partial charge in [-0.2, -0.15) is 11.8 Å². The minimum Gasteiger partial charge on any atom is -0.492 e. The highest BCUT2D eigenvalue weighted by atomic mass is 32.2. The van der Waals surface area contributed by atoms with Crippen LogP contribution in [0.3, 0.4) is 0 Å². The predicted molar refractivity (Wildman–Crippen MR) is 146 cm³/mol. The summed E-state index contributed by atoms with van der Waals surface area (Å²) < 4.78 is 17.7. The van der Waals surface area contributed by atoms with Crippen molar-refractivity contribution in [2.24, 2.45) is 0 Å². The fourth-order valence-corrected chi connectivity index (χ4v) is 5.60. The van der Waals surface area contributed by atoms with Gasteiger partial charge in [-0.1, -0.05) is 36.4 Å². The third-order valence-electron chi connectivity index (χ3n) is 6.57. The predicted octanol–water partition coefficient (Wildman–Crippen LogP) is 4.69. The van der Waals surface area contributed by atoms with Gasteiger partial charge in [0.1, 0.15) is 19.1 Å². The number of nitrogens with zero attached hydrogens (tertiary/aromatic N) is 2. The number of nitrogens with one attached hydrogen (secondary N) is 1. The van der Waals surface area contributed by atoms with E-state index in [9.17, 15) is 0 Å². The second-order valence-corrected chi connectivity index (χ2v) is 10.1. The van der Waals surface area contributed by atoms with Crippen molar-refractivity contribution in [2.75, 3.05) is 81.0 Å². The van der Waals surface area contributed by atoms with E-state index < -0.39 is 0 Å². The van der Waals surface area contributed by atoms with Crippen LogP contribution in [0.4, 0.5) is 11.4 Å². The van der Waals surface area contributed by atoms with E-state index in [2.05, 4.69) is 75.8 Å². The van der Waals surface area contributed by atoms with Gasteiger partial charge in [0, 0.05) is 66.4 Å². The van der Waals surface area contributed by atoms with Crippen LogP contribution < -0.4 is 15.0 Å². The Balaban J connectivity index is 1.14. The highest BCUT2D eigenvalue weighted by Crippen LogP contribution is 2.31. The lowest BCUT2D eigenvalue weighted by molar-refractivity contribution is 0.122. The summed E-state index contributed by atoms with van der Waals surface area (Å²) in [6.07, 6.45) is 0. The number of ether oxygens (including phenoxy) is 3. The zero-order chi connectivity index (χ0) is 23.7. The van der Waals surface area contributed by atoms with E-state index in [0.29, 0.717) is 19.9 Å². The van der Waals surface area contributed by atoms with Crippen LogP contribution in [0.5, 0.6) is 5.75 Å². The van der Waals surface area contributed by atoms with E-state index >= 15 is 0 Å². The average molecular weight is 494 g/mol. The van der Waals surface area contributed by atoms with Crippen LogP contribution in [0, 0.1) is 0 Å². The van der Waals surface area contributed by atoms with Crippen molar-refractivity contribution in [1.29, 1.82) is 0 Å². The van der Waals surface area contributed by atoms with Gasteiger partial charge in [0.2, 0.25) is 0 Å². The lowest BCUT2D eigenvalue weighted by atomic mass is 10.1. The van der Waals surface area contributed by atoms with Gasteiger partial charge in [0.15, 0.2) is 0 Å². The number of morpholine rings is 1. The molecule has 2 heterocycles. The first kappa shape index (κ1) is 24.3. The van der Waals surface area contributed by atoms with Crippen molar-refractivity contribution >= 4 is 33.9 Å². The van der Waals surface area contributed by atoms with Crippen LogP contribution in [0.15, 0.2) is 60.7 Å². The van der Waals surface area contributed by atoms with E-state index in [1.54, 1.807) is 0 Å². The molecule has 2 saturated heterocycles. The SMILES string of the molecule is c1cc(COCNc2ccc(OCCN3CCSCC3)c3ccccc23)cc(N2CCOCC2)c1. The van der Waals surface area contributed by atoms with Crippen LogP contribution in [-0.2, 0) is 16.1 Å². The summed E-state index contributed by atoms with van der Waals surface area (Å²) in [4.78, 5) is 4.86. The van der Waals surface area contributed by atoms with Crippen molar-refractivity contribution in [3.8, 4) is 5.75 Å². The van der Waals surface area contributed by atoms with Crippen molar-refractivity contribution in [3.63, 3.8) is 0 Å². The van der Waals surface area contributed by atoms with Crippen molar-refractivity contribution < 1.29 is 14.2 Å². The monoisotopic (exact) mass is 493 g/mol. The van der Waals surface area contributed by atoms with E-state index in [1.807, 2.05) is 11.8 Å². The fraction of sp³-hybridized carbons (Fsp3) is 0.429. The molecule has 0 aromatic heterocycles. The molecule has 186 valence electrons. The van der Waals surface area contributed by atoms with Gasteiger partial charge in [-0.25, -0.2) is 0 Å². The largest absolute Gasteiger partial charge is 0.492 e. The van der Waals surface area contributed by atoms with Gasteiger partial charge in [-0.3, -0.25) is 4.90 Å². The molecule has 0 saturated carbocycles. The zero-order valence-corrected chi connectivity index (χ0v) is 21.1. The topological polar surface area (TPSA) is 46.2 Å². The maximum absolute atomic E-state index is 6.20. The van der Waals surface area contributed by atoms with Gasteiger partial charge in [0.25, 0.3) is 0 Å². The molecule has 2 aliphatic rings. The van der Waals surface area contributed by atoms with Crippen LogP contribution in [-0.4, -0.2) is 75.7 Å². The van der Waals surface area contributed by atoms with Gasteiger partial charge >= 0.3 is 0 Å². The third kappa shape index (κ3) is 6.61.